The van der Waals surface area contributed by atoms with E-state index in [1.165, 1.54) is 0 Å². The number of aromatic nitrogens is 5. The Morgan fingerprint density at radius 1 is 1.21 bits per heavy atom. The maximum atomic E-state index is 12.8. The van der Waals surface area contributed by atoms with E-state index in [2.05, 4.69) is 25.6 Å². The highest BCUT2D eigenvalue weighted by molar-refractivity contribution is 6.31. The highest BCUT2D eigenvalue weighted by Crippen LogP contribution is 2.36. The topological polar surface area (TPSA) is 67.3 Å². The van der Waals surface area contributed by atoms with Gasteiger partial charge >= 0.3 is 6.18 Å². The second-order valence-corrected chi connectivity index (χ2v) is 5.61. The number of nitrogens with one attached hydrogen (secondary N) is 1. The first kappa shape index (κ1) is 16.4. The number of benzene rings is 1. The van der Waals surface area contributed by atoms with Gasteiger partial charge in [0.25, 0.3) is 0 Å². The second kappa shape index (κ2) is 6.20. The summed E-state index contributed by atoms with van der Waals surface area (Å²) in [5, 5.41) is 13.6. The molecule has 3 rings (SSSR count). The minimum atomic E-state index is -4.51. The Morgan fingerprint density at radius 3 is 2.58 bits per heavy atom. The summed E-state index contributed by atoms with van der Waals surface area (Å²) in [6, 6.07) is 8.27. The van der Waals surface area contributed by atoms with Crippen molar-refractivity contribution in [2.45, 2.75) is 19.0 Å². The molecule has 0 radical (unpaired) electrons. The molecule has 3 aromatic rings. The van der Waals surface area contributed by atoms with E-state index in [9.17, 15) is 13.2 Å². The van der Waals surface area contributed by atoms with Crippen LogP contribution in [-0.2, 0) is 6.18 Å². The zero-order valence-electron chi connectivity index (χ0n) is 12.3. The molecule has 1 unspecified atom stereocenters. The number of nitrogens with zero attached hydrogens (tertiary/aromatic N) is 4. The molecule has 0 aliphatic carbocycles. The number of pyridine rings is 1. The van der Waals surface area contributed by atoms with E-state index in [0.29, 0.717) is 0 Å². The molecule has 1 N–H and O–H groups in total. The lowest BCUT2D eigenvalue weighted by atomic mass is 9.93. The Morgan fingerprint density at radius 2 is 2.00 bits per heavy atom. The molecular weight excluding hydrogens is 343 g/mol. The van der Waals surface area contributed by atoms with Crippen molar-refractivity contribution in [2.24, 2.45) is 0 Å². The Labute approximate surface area is 139 Å². The zero-order chi connectivity index (χ0) is 17.3. The third kappa shape index (κ3) is 3.23. The predicted molar refractivity (Wildman–Crippen MR) is 80.6 cm³/mol. The summed E-state index contributed by atoms with van der Waals surface area (Å²) in [5.74, 6) is -0.354. The van der Waals surface area contributed by atoms with Crippen molar-refractivity contribution < 1.29 is 13.2 Å². The SMILES string of the molecule is Cc1cccc(C(c2nn[nH]n2)c2ncc(C(F)(F)F)cc2Cl)c1. The zero-order valence-corrected chi connectivity index (χ0v) is 13.1. The van der Waals surface area contributed by atoms with Crippen LogP contribution >= 0.6 is 11.6 Å². The van der Waals surface area contributed by atoms with Gasteiger partial charge in [0.2, 0.25) is 0 Å². The Hall–Kier alpha value is -2.48. The molecule has 124 valence electrons. The fraction of sp³-hybridized carbons (Fsp3) is 0.200. The van der Waals surface area contributed by atoms with E-state index in [-0.39, 0.29) is 16.5 Å². The van der Waals surface area contributed by atoms with E-state index in [1.807, 2.05) is 31.2 Å². The van der Waals surface area contributed by atoms with Crippen molar-refractivity contribution in [1.82, 2.24) is 25.6 Å². The summed E-state index contributed by atoms with van der Waals surface area (Å²) >= 11 is 6.09. The average Bonchev–Trinajstić information content (AvgIpc) is 3.02. The van der Waals surface area contributed by atoms with Crippen LogP contribution in [0.5, 0.6) is 0 Å². The molecule has 2 aromatic heterocycles. The number of H-pyrrole nitrogens is 1. The number of halogens is 4. The van der Waals surface area contributed by atoms with E-state index in [0.717, 1.165) is 23.4 Å². The minimum Gasteiger partial charge on any atom is -0.258 e. The van der Waals surface area contributed by atoms with Gasteiger partial charge in [0.15, 0.2) is 5.82 Å². The van der Waals surface area contributed by atoms with Gasteiger partial charge in [-0.1, -0.05) is 46.6 Å². The van der Waals surface area contributed by atoms with Crippen LogP contribution in [0.3, 0.4) is 0 Å². The average molecular weight is 354 g/mol. The molecule has 0 saturated carbocycles. The second-order valence-electron chi connectivity index (χ2n) is 5.21. The summed E-state index contributed by atoms with van der Waals surface area (Å²) < 4.78 is 38.4. The Balaban J connectivity index is 2.14. The van der Waals surface area contributed by atoms with Gasteiger partial charge in [-0.15, -0.1) is 10.2 Å². The molecule has 9 heteroatoms. The van der Waals surface area contributed by atoms with Crippen LogP contribution in [0.2, 0.25) is 5.02 Å². The quantitative estimate of drug-likeness (QED) is 0.778. The molecule has 0 aliphatic heterocycles. The smallest absolute Gasteiger partial charge is 0.258 e. The number of hydrogen-bond acceptors (Lipinski definition) is 4. The number of aryl methyl sites for hydroxylation is 1. The maximum absolute atomic E-state index is 12.8. The van der Waals surface area contributed by atoms with Crippen LogP contribution in [-0.4, -0.2) is 25.6 Å². The summed E-state index contributed by atoms with van der Waals surface area (Å²) in [7, 11) is 0. The molecule has 1 atom stereocenters. The Bertz CT molecular complexity index is 849. The molecular formula is C15H11ClF3N5. The molecule has 0 bridgehead atoms. The number of rotatable bonds is 3. The van der Waals surface area contributed by atoms with Gasteiger partial charge in [-0.2, -0.15) is 18.4 Å². The van der Waals surface area contributed by atoms with Crippen LogP contribution in [0, 0.1) is 6.92 Å². The molecule has 24 heavy (non-hydrogen) atoms. The van der Waals surface area contributed by atoms with Crippen molar-refractivity contribution in [3.8, 4) is 0 Å². The van der Waals surface area contributed by atoms with Crippen LogP contribution in [0.25, 0.3) is 0 Å². The van der Waals surface area contributed by atoms with E-state index in [4.69, 9.17) is 11.6 Å². The molecule has 0 amide bonds. The molecule has 0 spiro atoms. The molecule has 2 heterocycles. The third-order valence-corrected chi connectivity index (χ3v) is 3.77. The standard InChI is InChI=1S/C15H11ClF3N5/c1-8-3-2-4-9(5-8)12(14-21-23-24-22-14)13-11(16)6-10(7-20-13)15(17,18)19/h2-7,12H,1H3,(H,21,22,23,24). The highest BCUT2D eigenvalue weighted by Gasteiger charge is 2.33. The van der Waals surface area contributed by atoms with Gasteiger partial charge in [-0.25, -0.2) is 0 Å². The fourth-order valence-electron chi connectivity index (χ4n) is 2.39. The first-order valence-corrected chi connectivity index (χ1v) is 7.26. The lowest BCUT2D eigenvalue weighted by Crippen LogP contribution is -2.11. The first-order chi connectivity index (χ1) is 11.4. The molecule has 0 saturated heterocycles. The van der Waals surface area contributed by atoms with Crippen molar-refractivity contribution in [3.63, 3.8) is 0 Å². The summed E-state index contributed by atoms with van der Waals surface area (Å²) in [6.45, 7) is 1.90. The van der Waals surface area contributed by atoms with Crippen LogP contribution in [0.15, 0.2) is 36.5 Å². The van der Waals surface area contributed by atoms with Crippen molar-refractivity contribution in [2.75, 3.05) is 0 Å². The number of aromatic amines is 1. The highest BCUT2D eigenvalue weighted by atomic mass is 35.5. The summed E-state index contributed by atoms with van der Waals surface area (Å²) in [6.07, 6.45) is -3.76. The lowest BCUT2D eigenvalue weighted by molar-refractivity contribution is -0.137. The van der Waals surface area contributed by atoms with Gasteiger partial charge in [-0.05, 0) is 18.6 Å². The van der Waals surface area contributed by atoms with E-state index in [1.54, 1.807) is 0 Å². The molecule has 1 aromatic carbocycles. The largest absolute Gasteiger partial charge is 0.417 e. The van der Waals surface area contributed by atoms with E-state index >= 15 is 0 Å². The van der Waals surface area contributed by atoms with Gasteiger partial charge in [0, 0.05) is 6.20 Å². The minimum absolute atomic E-state index is 0.110. The van der Waals surface area contributed by atoms with Gasteiger partial charge in [-0.3, -0.25) is 4.98 Å². The molecule has 5 nitrogen and oxygen atoms in total. The van der Waals surface area contributed by atoms with Crippen LogP contribution < -0.4 is 0 Å². The fourth-order valence-corrected chi connectivity index (χ4v) is 2.66. The number of tetrazole rings is 1. The lowest BCUT2D eigenvalue weighted by Gasteiger charge is -2.16. The van der Waals surface area contributed by atoms with Gasteiger partial charge in [0.1, 0.15) is 0 Å². The van der Waals surface area contributed by atoms with Gasteiger partial charge in [0.05, 0.1) is 22.2 Å². The first-order valence-electron chi connectivity index (χ1n) is 6.89. The summed E-state index contributed by atoms with van der Waals surface area (Å²) in [5.41, 5.74) is 1.05. The summed E-state index contributed by atoms with van der Waals surface area (Å²) in [4.78, 5) is 3.93. The maximum Gasteiger partial charge on any atom is 0.417 e. The van der Waals surface area contributed by atoms with E-state index < -0.39 is 17.7 Å². The number of hydrogen-bond donors (Lipinski definition) is 1. The third-order valence-electron chi connectivity index (χ3n) is 3.47. The predicted octanol–water partition coefficient (Wildman–Crippen LogP) is 3.76. The van der Waals surface area contributed by atoms with Crippen molar-refractivity contribution >= 4 is 11.6 Å². The van der Waals surface area contributed by atoms with Gasteiger partial charge < -0.3 is 0 Å². The molecule has 0 aliphatic rings. The normalized spacial score (nSPS) is 13.0. The monoisotopic (exact) mass is 353 g/mol. The van der Waals surface area contributed by atoms with Crippen LogP contribution in [0.4, 0.5) is 13.2 Å². The Kier molecular flexibility index (Phi) is 4.23. The van der Waals surface area contributed by atoms with Crippen molar-refractivity contribution in [1.29, 1.82) is 0 Å². The van der Waals surface area contributed by atoms with Crippen molar-refractivity contribution in [3.05, 3.63) is 69.8 Å². The number of alkyl halides is 3. The van der Waals surface area contributed by atoms with Crippen LogP contribution in [0.1, 0.15) is 34.1 Å². The molecule has 0 fully saturated rings.